The molecule has 1 amide bonds. The van der Waals surface area contributed by atoms with Gasteiger partial charge in [-0.3, -0.25) is 14.9 Å². The Bertz CT molecular complexity index is 696. The number of benzene rings is 1. The van der Waals surface area contributed by atoms with Crippen molar-refractivity contribution in [2.24, 2.45) is 0 Å². The van der Waals surface area contributed by atoms with Crippen molar-refractivity contribution in [2.45, 2.75) is 44.4 Å². The molecule has 0 aliphatic heterocycles. The molecule has 0 radical (unpaired) electrons. The van der Waals surface area contributed by atoms with Crippen molar-refractivity contribution < 1.29 is 4.79 Å². The van der Waals surface area contributed by atoms with Crippen LogP contribution in [0.5, 0.6) is 0 Å². The third kappa shape index (κ3) is 4.33. The quantitative estimate of drug-likeness (QED) is 0.702. The minimum atomic E-state index is -0.198. The Labute approximate surface area is 147 Å². The van der Waals surface area contributed by atoms with E-state index in [4.69, 9.17) is 11.6 Å². The van der Waals surface area contributed by atoms with Gasteiger partial charge >= 0.3 is 0 Å². The molecule has 0 saturated heterocycles. The molecular weight excluding hydrogens is 328 g/mol. The maximum Gasteiger partial charge on any atom is 0.271 e. The van der Waals surface area contributed by atoms with Gasteiger partial charge < -0.3 is 0 Å². The van der Waals surface area contributed by atoms with E-state index in [0.717, 1.165) is 23.4 Å². The van der Waals surface area contributed by atoms with Crippen molar-refractivity contribution in [1.82, 2.24) is 4.68 Å². The maximum absolute atomic E-state index is 12.5. The van der Waals surface area contributed by atoms with Crippen LogP contribution in [0.2, 0.25) is 5.02 Å². The van der Waals surface area contributed by atoms with Crippen LogP contribution in [-0.4, -0.2) is 16.8 Å². The first-order valence-electron chi connectivity index (χ1n) is 7.80. The Morgan fingerprint density at radius 2 is 2.13 bits per heavy atom. The van der Waals surface area contributed by atoms with Crippen molar-refractivity contribution in [3.63, 3.8) is 0 Å². The third-order valence-electron chi connectivity index (χ3n) is 3.97. The second-order valence-electron chi connectivity index (χ2n) is 5.76. The van der Waals surface area contributed by atoms with E-state index in [1.54, 1.807) is 22.5 Å². The van der Waals surface area contributed by atoms with Gasteiger partial charge in [-0.05, 0) is 55.3 Å². The first kappa shape index (κ1) is 18.0. The molecule has 5 heteroatoms. The summed E-state index contributed by atoms with van der Waals surface area (Å²) in [4.78, 5) is 13.5. The van der Waals surface area contributed by atoms with E-state index in [-0.39, 0.29) is 5.91 Å². The van der Waals surface area contributed by atoms with Crippen LogP contribution in [0.1, 0.15) is 54.2 Å². The summed E-state index contributed by atoms with van der Waals surface area (Å²) in [6, 6.07) is 7.61. The number of rotatable bonds is 6. The Hall–Kier alpha value is -1.39. The molecule has 124 valence electrons. The van der Waals surface area contributed by atoms with Crippen molar-refractivity contribution in [1.29, 1.82) is 0 Å². The topological polar surface area (TPSA) is 34.0 Å². The molecule has 1 aromatic heterocycles. The Kier molecular flexibility index (Phi) is 6.19. The molecule has 1 heterocycles. The summed E-state index contributed by atoms with van der Waals surface area (Å²) < 4.78 is 1.78. The van der Waals surface area contributed by atoms with Crippen molar-refractivity contribution >= 4 is 29.3 Å². The number of aromatic nitrogens is 1. The van der Waals surface area contributed by atoms with Gasteiger partial charge in [0.2, 0.25) is 0 Å². The lowest BCUT2D eigenvalue weighted by Crippen LogP contribution is -2.23. The molecule has 0 aliphatic rings. The van der Waals surface area contributed by atoms with E-state index in [0.29, 0.717) is 16.5 Å². The number of halogens is 1. The molecule has 2 aromatic rings. The number of amides is 1. The molecule has 0 spiro atoms. The van der Waals surface area contributed by atoms with Gasteiger partial charge in [-0.15, -0.1) is 11.8 Å². The average Bonchev–Trinajstić information content (AvgIpc) is 2.88. The van der Waals surface area contributed by atoms with Gasteiger partial charge in [0.1, 0.15) is 0 Å². The van der Waals surface area contributed by atoms with Gasteiger partial charge in [0.05, 0.1) is 10.6 Å². The summed E-state index contributed by atoms with van der Waals surface area (Å²) in [7, 11) is 0. The number of thioether (sulfide) groups is 1. The fraction of sp³-hybridized carbons (Fsp3) is 0.389. The molecule has 0 fully saturated rings. The number of nitrogens with zero attached hydrogens (tertiary/aromatic N) is 1. The fourth-order valence-electron chi connectivity index (χ4n) is 2.57. The van der Waals surface area contributed by atoms with Gasteiger partial charge in [-0.1, -0.05) is 31.9 Å². The summed E-state index contributed by atoms with van der Waals surface area (Å²) in [6.45, 7) is 6.38. The molecule has 0 saturated carbocycles. The standard InChI is InChI=1S/C18H23ClN2OS/c1-5-6-12(2)14-9-13(3)21(11-14)20-18(22)16-8-7-15(23-4)10-17(16)19/h7-12H,5-6H2,1-4H3,(H,20,22)/t12-/m0/s1. The number of aryl methyl sites for hydroxylation is 1. The second-order valence-corrected chi connectivity index (χ2v) is 7.05. The molecular formula is C18H23ClN2OS. The Morgan fingerprint density at radius 1 is 1.39 bits per heavy atom. The van der Waals surface area contributed by atoms with Gasteiger partial charge in [0, 0.05) is 16.8 Å². The summed E-state index contributed by atoms with van der Waals surface area (Å²) in [6.07, 6.45) is 6.26. The van der Waals surface area contributed by atoms with Crippen LogP contribution in [-0.2, 0) is 0 Å². The van der Waals surface area contributed by atoms with Crippen LogP contribution in [0.4, 0.5) is 0 Å². The highest BCUT2D eigenvalue weighted by Gasteiger charge is 2.14. The molecule has 1 N–H and O–H groups in total. The number of hydrogen-bond acceptors (Lipinski definition) is 2. The number of hydrogen-bond donors (Lipinski definition) is 1. The smallest absolute Gasteiger partial charge is 0.267 e. The zero-order valence-electron chi connectivity index (χ0n) is 14.0. The van der Waals surface area contributed by atoms with Crippen molar-refractivity contribution in [3.05, 3.63) is 52.3 Å². The van der Waals surface area contributed by atoms with E-state index < -0.39 is 0 Å². The minimum Gasteiger partial charge on any atom is -0.267 e. The van der Waals surface area contributed by atoms with Crippen LogP contribution in [0.25, 0.3) is 0 Å². The van der Waals surface area contributed by atoms with Gasteiger partial charge in [0.15, 0.2) is 0 Å². The first-order chi connectivity index (χ1) is 11.0. The summed E-state index contributed by atoms with van der Waals surface area (Å²) in [5, 5.41) is 0.471. The monoisotopic (exact) mass is 350 g/mol. The molecule has 1 atom stereocenters. The highest BCUT2D eigenvalue weighted by molar-refractivity contribution is 7.98. The first-order valence-corrected chi connectivity index (χ1v) is 9.40. The van der Waals surface area contributed by atoms with Crippen LogP contribution in [0.3, 0.4) is 0 Å². The zero-order valence-corrected chi connectivity index (χ0v) is 15.6. The van der Waals surface area contributed by atoms with Crippen molar-refractivity contribution in [2.75, 3.05) is 11.7 Å². The predicted molar refractivity (Wildman–Crippen MR) is 99.4 cm³/mol. The van der Waals surface area contributed by atoms with Gasteiger partial charge in [-0.25, -0.2) is 0 Å². The van der Waals surface area contributed by atoms with E-state index in [2.05, 4.69) is 25.3 Å². The minimum absolute atomic E-state index is 0.198. The SMILES string of the molecule is CCC[C@H](C)c1cc(C)n(NC(=O)c2ccc(SC)cc2Cl)c1. The molecule has 0 bridgehead atoms. The maximum atomic E-state index is 12.5. The lowest BCUT2D eigenvalue weighted by atomic mass is 9.99. The highest BCUT2D eigenvalue weighted by Crippen LogP contribution is 2.25. The number of carbonyl (C=O) groups is 1. The van der Waals surface area contributed by atoms with Crippen LogP contribution >= 0.6 is 23.4 Å². The highest BCUT2D eigenvalue weighted by atomic mass is 35.5. The van der Waals surface area contributed by atoms with Crippen molar-refractivity contribution in [3.8, 4) is 0 Å². The van der Waals surface area contributed by atoms with Gasteiger partial charge in [-0.2, -0.15) is 0 Å². The molecule has 0 unspecified atom stereocenters. The van der Waals surface area contributed by atoms with Gasteiger partial charge in [0.25, 0.3) is 5.91 Å². The number of carbonyl (C=O) groups excluding carboxylic acids is 1. The van der Waals surface area contributed by atoms with E-state index >= 15 is 0 Å². The molecule has 0 aliphatic carbocycles. The molecule has 2 rings (SSSR count). The number of nitrogens with one attached hydrogen (secondary N) is 1. The predicted octanol–water partition coefficient (Wildman–Crippen LogP) is 5.46. The van der Waals surface area contributed by atoms with Crippen LogP contribution in [0, 0.1) is 6.92 Å². The average molecular weight is 351 g/mol. The molecule has 1 aromatic carbocycles. The summed E-state index contributed by atoms with van der Waals surface area (Å²) >= 11 is 7.82. The molecule has 23 heavy (non-hydrogen) atoms. The largest absolute Gasteiger partial charge is 0.271 e. The zero-order chi connectivity index (χ0) is 17.0. The lowest BCUT2D eigenvalue weighted by molar-refractivity contribution is 0.101. The third-order valence-corrected chi connectivity index (χ3v) is 5.01. The Morgan fingerprint density at radius 3 is 2.74 bits per heavy atom. The normalized spacial score (nSPS) is 12.2. The van der Waals surface area contributed by atoms with E-state index in [9.17, 15) is 4.79 Å². The van der Waals surface area contributed by atoms with Crippen LogP contribution < -0.4 is 5.43 Å². The Balaban J connectivity index is 2.17. The van der Waals surface area contributed by atoms with Crippen LogP contribution in [0.15, 0.2) is 35.4 Å². The van der Waals surface area contributed by atoms with E-state index in [1.807, 2.05) is 31.5 Å². The fourth-order valence-corrected chi connectivity index (χ4v) is 3.34. The summed E-state index contributed by atoms with van der Waals surface area (Å²) in [5.74, 6) is 0.289. The van der Waals surface area contributed by atoms with E-state index in [1.165, 1.54) is 5.56 Å². The summed E-state index contributed by atoms with van der Waals surface area (Å²) in [5.41, 5.74) is 5.65. The lowest BCUT2D eigenvalue weighted by Gasteiger charge is -2.11. The molecule has 3 nitrogen and oxygen atoms in total. The second kappa shape index (κ2) is 7.93.